The number of aliphatic carboxylic acids is 1. The van der Waals surface area contributed by atoms with Crippen molar-refractivity contribution in [2.75, 3.05) is 0 Å². The van der Waals surface area contributed by atoms with E-state index in [9.17, 15) is 4.79 Å². The maximum absolute atomic E-state index is 11.0. The van der Waals surface area contributed by atoms with E-state index in [1.165, 1.54) is 0 Å². The minimum absolute atomic E-state index is 0.0345. The summed E-state index contributed by atoms with van der Waals surface area (Å²) >= 11 is 3.32. The van der Waals surface area contributed by atoms with Gasteiger partial charge in [0.15, 0.2) is 0 Å². The van der Waals surface area contributed by atoms with E-state index in [0.717, 1.165) is 21.4 Å². The molecular weight excluding hydrogens is 322 g/mol. The van der Waals surface area contributed by atoms with Gasteiger partial charge in [-0.3, -0.25) is 4.79 Å². The summed E-state index contributed by atoms with van der Waals surface area (Å²) in [6.45, 7) is 2.47. The van der Waals surface area contributed by atoms with Gasteiger partial charge in [-0.1, -0.05) is 24.3 Å². The summed E-state index contributed by atoms with van der Waals surface area (Å²) in [5.41, 5.74) is 2.08. The number of halogens is 1. The number of carboxylic acid groups (broad SMARTS) is 1. The van der Waals surface area contributed by atoms with E-state index < -0.39 is 5.97 Å². The molecule has 2 N–H and O–H groups in total. The minimum atomic E-state index is -0.827. The van der Waals surface area contributed by atoms with Crippen LogP contribution in [-0.4, -0.2) is 11.1 Å². The van der Waals surface area contributed by atoms with Crippen molar-refractivity contribution >= 4 is 21.9 Å². The fourth-order valence-corrected chi connectivity index (χ4v) is 2.46. The number of hydrogen-bond donors (Lipinski definition) is 2. The van der Waals surface area contributed by atoms with Crippen molar-refractivity contribution in [3.63, 3.8) is 0 Å². The van der Waals surface area contributed by atoms with Crippen LogP contribution in [0.1, 0.15) is 29.3 Å². The molecule has 0 spiro atoms. The van der Waals surface area contributed by atoms with Crippen molar-refractivity contribution in [2.24, 2.45) is 0 Å². The molecule has 1 aromatic carbocycles. The van der Waals surface area contributed by atoms with Crippen LogP contribution < -0.4 is 5.32 Å². The Bertz CT molecular complexity index is 594. The van der Waals surface area contributed by atoms with Crippen LogP contribution in [0.2, 0.25) is 0 Å². The number of carbonyl (C=O) groups is 1. The molecule has 0 aliphatic rings. The van der Waals surface area contributed by atoms with Crippen molar-refractivity contribution in [3.8, 4) is 0 Å². The number of hydrogen-bond acceptors (Lipinski definition) is 3. The Morgan fingerprint density at radius 1 is 1.45 bits per heavy atom. The van der Waals surface area contributed by atoms with E-state index in [-0.39, 0.29) is 12.5 Å². The van der Waals surface area contributed by atoms with E-state index in [0.29, 0.717) is 6.54 Å². The largest absolute Gasteiger partial charge is 0.481 e. The summed E-state index contributed by atoms with van der Waals surface area (Å²) in [5, 5.41) is 12.3. The number of benzene rings is 1. The van der Waals surface area contributed by atoms with Crippen LogP contribution in [0.15, 0.2) is 45.5 Å². The Hall–Kier alpha value is -1.59. The monoisotopic (exact) mass is 337 g/mol. The van der Waals surface area contributed by atoms with Crippen LogP contribution in [0.3, 0.4) is 0 Å². The van der Waals surface area contributed by atoms with Crippen LogP contribution in [-0.2, 0) is 11.3 Å². The minimum Gasteiger partial charge on any atom is -0.481 e. The SMILES string of the molecule is Cc1ccccc1C(CC(=O)O)NCc1cc(Br)co1. The zero-order valence-electron chi connectivity index (χ0n) is 11.1. The number of furan rings is 1. The van der Waals surface area contributed by atoms with Gasteiger partial charge in [0.2, 0.25) is 0 Å². The Labute approximate surface area is 125 Å². The molecule has 0 aliphatic carbocycles. The molecule has 5 heteroatoms. The lowest BCUT2D eigenvalue weighted by Crippen LogP contribution is -2.24. The first kappa shape index (κ1) is 14.8. The van der Waals surface area contributed by atoms with Gasteiger partial charge < -0.3 is 14.8 Å². The molecule has 0 amide bonds. The topological polar surface area (TPSA) is 62.5 Å². The Morgan fingerprint density at radius 2 is 2.20 bits per heavy atom. The average Bonchev–Trinajstić information content (AvgIpc) is 2.81. The second-order valence-electron chi connectivity index (χ2n) is 4.62. The van der Waals surface area contributed by atoms with Gasteiger partial charge in [0.05, 0.1) is 17.4 Å². The van der Waals surface area contributed by atoms with E-state index in [2.05, 4.69) is 21.2 Å². The van der Waals surface area contributed by atoms with Gasteiger partial charge in [-0.25, -0.2) is 0 Å². The van der Waals surface area contributed by atoms with Crippen LogP contribution in [0.4, 0.5) is 0 Å². The zero-order valence-corrected chi connectivity index (χ0v) is 12.7. The third-order valence-corrected chi connectivity index (χ3v) is 3.50. The predicted octanol–water partition coefficient (Wildman–Crippen LogP) is 3.66. The maximum Gasteiger partial charge on any atom is 0.305 e. The molecule has 0 bridgehead atoms. The normalized spacial score (nSPS) is 12.3. The van der Waals surface area contributed by atoms with Crippen LogP contribution in [0.5, 0.6) is 0 Å². The van der Waals surface area contributed by atoms with Gasteiger partial charge in [0.1, 0.15) is 12.0 Å². The van der Waals surface area contributed by atoms with Gasteiger partial charge in [0.25, 0.3) is 0 Å². The van der Waals surface area contributed by atoms with Crippen LogP contribution in [0, 0.1) is 6.92 Å². The molecular formula is C15H16BrNO3. The molecule has 4 nitrogen and oxygen atoms in total. The van der Waals surface area contributed by atoms with Gasteiger partial charge in [-0.15, -0.1) is 0 Å². The first-order chi connectivity index (χ1) is 9.56. The molecule has 2 rings (SSSR count). The Morgan fingerprint density at radius 3 is 2.80 bits per heavy atom. The molecule has 0 radical (unpaired) electrons. The van der Waals surface area contributed by atoms with Crippen LogP contribution >= 0.6 is 15.9 Å². The number of rotatable bonds is 6. The highest BCUT2D eigenvalue weighted by Gasteiger charge is 2.17. The molecule has 1 unspecified atom stereocenters. The molecule has 1 atom stereocenters. The summed E-state index contributed by atoms with van der Waals surface area (Å²) in [6.07, 6.45) is 1.64. The van der Waals surface area contributed by atoms with Crippen molar-refractivity contribution in [1.82, 2.24) is 5.32 Å². The standard InChI is InChI=1S/C15H16BrNO3/c1-10-4-2-3-5-13(10)14(7-15(18)19)17-8-12-6-11(16)9-20-12/h2-6,9,14,17H,7-8H2,1H3,(H,18,19). The summed E-state index contributed by atoms with van der Waals surface area (Å²) in [6, 6.07) is 9.42. The fourth-order valence-electron chi connectivity index (χ4n) is 2.11. The zero-order chi connectivity index (χ0) is 14.5. The number of carboxylic acids is 1. The third-order valence-electron chi connectivity index (χ3n) is 3.09. The Balaban J connectivity index is 2.11. The molecule has 0 saturated carbocycles. The summed E-state index contributed by atoms with van der Waals surface area (Å²) in [4.78, 5) is 11.0. The highest BCUT2D eigenvalue weighted by atomic mass is 79.9. The van der Waals surface area contributed by atoms with E-state index >= 15 is 0 Å². The molecule has 20 heavy (non-hydrogen) atoms. The fraction of sp³-hybridized carbons (Fsp3) is 0.267. The van der Waals surface area contributed by atoms with Crippen molar-refractivity contribution in [2.45, 2.75) is 25.9 Å². The Kier molecular flexibility index (Phi) is 4.98. The van der Waals surface area contributed by atoms with E-state index in [1.54, 1.807) is 6.26 Å². The summed E-state index contributed by atoms with van der Waals surface area (Å²) in [7, 11) is 0. The van der Waals surface area contributed by atoms with Gasteiger partial charge >= 0.3 is 5.97 Å². The summed E-state index contributed by atoms with van der Waals surface area (Å²) < 4.78 is 6.20. The lowest BCUT2D eigenvalue weighted by molar-refractivity contribution is -0.137. The maximum atomic E-state index is 11.0. The smallest absolute Gasteiger partial charge is 0.305 e. The van der Waals surface area contributed by atoms with Gasteiger partial charge in [-0.05, 0) is 40.0 Å². The highest BCUT2D eigenvalue weighted by molar-refractivity contribution is 9.10. The van der Waals surface area contributed by atoms with Crippen molar-refractivity contribution < 1.29 is 14.3 Å². The van der Waals surface area contributed by atoms with E-state index in [1.807, 2.05) is 37.3 Å². The molecule has 1 heterocycles. The van der Waals surface area contributed by atoms with Crippen molar-refractivity contribution in [3.05, 3.63) is 58.0 Å². The van der Waals surface area contributed by atoms with Gasteiger partial charge in [0, 0.05) is 6.04 Å². The van der Waals surface area contributed by atoms with E-state index in [4.69, 9.17) is 9.52 Å². The average molecular weight is 338 g/mol. The molecule has 0 fully saturated rings. The highest BCUT2D eigenvalue weighted by Crippen LogP contribution is 2.22. The first-order valence-corrected chi connectivity index (χ1v) is 7.09. The molecule has 2 aromatic rings. The molecule has 0 aliphatic heterocycles. The molecule has 106 valence electrons. The number of nitrogens with one attached hydrogen (secondary N) is 1. The third kappa shape index (κ3) is 3.95. The van der Waals surface area contributed by atoms with Crippen LogP contribution in [0.25, 0.3) is 0 Å². The van der Waals surface area contributed by atoms with Crippen molar-refractivity contribution in [1.29, 1.82) is 0 Å². The molecule has 1 aromatic heterocycles. The second kappa shape index (κ2) is 6.72. The lowest BCUT2D eigenvalue weighted by Gasteiger charge is -2.18. The first-order valence-electron chi connectivity index (χ1n) is 6.30. The quantitative estimate of drug-likeness (QED) is 0.844. The second-order valence-corrected chi connectivity index (χ2v) is 5.53. The molecule has 0 saturated heterocycles. The lowest BCUT2D eigenvalue weighted by atomic mass is 9.99. The number of aryl methyl sites for hydroxylation is 1. The summed E-state index contributed by atoms with van der Waals surface area (Å²) in [5.74, 6) is -0.0628. The van der Waals surface area contributed by atoms with Gasteiger partial charge in [-0.2, -0.15) is 0 Å². The predicted molar refractivity (Wildman–Crippen MR) is 79.4 cm³/mol.